The zero-order chi connectivity index (χ0) is 18.5. The molecule has 0 fully saturated rings. The quantitative estimate of drug-likeness (QED) is 0.627. The van der Waals surface area contributed by atoms with Crippen molar-refractivity contribution in [1.82, 2.24) is 15.2 Å². The minimum Gasteiger partial charge on any atom is -0.495 e. The van der Waals surface area contributed by atoms with E-state index in [2.05, 4.69) is 25.8 Å². The molecule has 0 spiro atoms. The van der Waals surface area contributed by atoms with E-state index in [9.17, 15) is 0 Å². The molecular weight excluding hydrogens is 373 g/mol. The molecule has 2 N–H and O–H groups in total. The van der Waals surface area contributed by atoms with Gasteiger partial charge in [0.05, 0.1) is 19.0 Å². The van der Waals surface area contributed by atoms with Crippen molar-refractivity contribution in [3.8, 4) is 5.75 Å². The molecule has 0 saturated carbocycles. The molecule has 6 nitrogen and oxygen atoms in total. The summed E-state index contributed by atoms with van der Waals surface area (Å²) in [7, 11) is 1.58. The normalized spacial score (nSPS) is 10.5. The monoisotopic (exact) mass is 389 g/mol. The van der Waals surface area contributed by atoms with Gasteiger partial charge in [0.1, 0.15) is 5.75 Å². The Labute approximate surface area is 161 Å². The lowest BCUT2D eigenvalue weighted by Gasteiger charge is -2.12. The molecule has 0 saturated heterocycles. The molecule has 1 heterocycles. The molecule has 0 aliphatic carbocycles. The summed E-state index contributed by atoms with van der Waals surface area (Å²) in [6.45, 7) is 2.51. The van der Waals surface area contributed by atoms with Crippen LogP contribution in [0.4, 0.5) is 17.5 Å². The van der Waals surface area contributed by atoms with Gasteiger partial charge >= 0.3 is 0 Å². The summed E-state index contributed by atoms with van der Waals surface area (Å²) in [5, 5.41) is 15.6. The number of ether oxygens (including phenoxy) is 1. The fourth-order valence-electron chi connectivity index (χ4n) is 2.29. The van der Waals surface area contributed by atoms with Gasteiger partial charge in [-0.25, -0.2) is 0 Å². The molecule has 0 aliphatic heterocycles. The first-order valence-electron chi connectivity index (χ1n) is 7.84. The molecule has 0 amide bonds. The fourth-order valence-corrected chi connectivity index (χ4v) is 2.57. The molecule has 0 bridgehead atoms. The van der Waals surface area contributed by atoms with Gasteiger partial charge in [-0.3, -0.25) is 0 Å². The van der Waals surface area contributed by atoms with Crippen molar-refractivity contribution < 1.29 is 4.74 Å². The SMILES string of the molecule is COc1cc(Cl)c(C)cc1Nc1nncc(NCc2ccc(Cl)cc2)n1. The van der Waals surface area contributed by atoms with E-state index in [1.807, 2.05) is 37.3 Å². The molecular formula is C18H17Cl2N5O. The molecule has 0 aliphatic rings. The van der Waals surface area contributed by atoms with Crippen LogP contribution in [0.15, 0.2) is 42.6 Å². The van der Waals surface area contributed by atoms with Crippen molar-refractivity contribution in [2.75, 3.05) is 17.7 Å². The van der Waals surface area contributed by atoms with Crippen molar-refractivity contribution in [3.05, 3.63) is 63.8 Å². The van der Waals surface area contributed by atoms with Gasteiger partial charge in [-0.1, -0.05) is 35.3 Å². The fraction of sp³-hybridized carbons (Fsp3) is 0.167. The summed E-state index contributed by atoms with van der Waals surface area (Å²) in [5.41, 5.74) is 2.71. The van der Waals surface area contributed by atoms with Crippen LogP contribution in [0.2, 0.25) is 10.0 Å². The van der Waals surface area contributed by atoms with Gasteiger partial charge in [0.15, 0.2) is 5.82 Å². The Morgan fingerprint density at radius 1 is 1.12 bits per heavy atom. The highest BCUT2D eigenvalue weighted by Gasteiger charge is 2.09. The highest BCUT2D eigenvalue weighted by atomic mass is 35.5. The van der Waals surface area contributed by atoms with E-state index in [0.29, 0.717) is 39.8 Å². The second-order valence-electron chi connectivity index (χ2n) is 5.57. The van der Waals surface area contributed by atoms with Crippen LogP contribution >= 0.6 is 23.2 Å². The molecule has 26 heavy (non-hydrogen) atoms. The number of hydrogen-bond acceptors (Lipinski definition) is 6. The summed E-state index contributed by atoms with van der Waals surface area (Å²) >= 11 is 12.0. The average Bonchev–Trinajstić information content (AvgIpc) is 2.64. The number of hydrogen-bond donors (Lipinski definition) is 2. The van der Waals surface area contributed by atoms with Gasteiger partial charge in [0.2, 0.25) is 5.95 Å². The first-order chi connectivity index (χ1) is 12.5. The number of aromatic nitrogens is 3. The molecule has 3 rings (SSSR count). The van der Waals surface area contributed by atoms with Gasteiger partial charge < -0.3 is 15.4 Å². The van der Waals surface area contributed by atoms with Crippen LogP contribution in [-0.4, -0.2) is 22.3 Å². The standard InChI is InChI=1S/C18H17Cl2N5O/c1-11-7-15(16(26-2)8-14(11)20)23-18-24-17(10-22-25-18)21-9-12-3-5-13(19)6-4-12/h3-8,10H,9H2,1-2H3,(H2,21,23,24,25). The number of nitrogens with one attached hydrogen (secondary N) is 2. The Bertz CT molecular complexity index is 903. The van der Waals surface area contributed by atoms with Crippen molar-refractivity contribution >= 4 is 40.7 Å². The highest BCUT2D eigenvalue weighted by Crippen LogP contribution is 2.32. The maximum atomic E-state index is 6.13. The Kier molecular flexibility index (Phi) is 5.75. The zero-order valence-electron chi connectivity index (χ0n) is 14.3. The highest BCUT2D eigenvalue weighted by molar-refractivity contribution is 6.31. The van der Waals surface area contributed by atoms with Gasteiger partial charge in [-0.15, -0.1) is 5.10 Å². The van der Waals surface area contributed by atoms with E-state index < -0.39 is 0 Å². The van der Waals surface area contributed by atoms with Crippen LogP contribution in [0, 0.1) is 6.92 Å². The second kappa shape index (κ2) is 8.21. The van der Waals surface area contributed by atoms with Crippen molar-refractivity contribution in [2.45, 2.75) is 13.5 Å². The summed E-state index contributed by atoms with van der Waals surface area (Å²) in [6, 6.07) is 11.2. The maximum absolute atomic E-state index is 6.13. The number of anilines is 3. The molecule has 3 aromatic rings. The molecule has 0 unspecified atom stereocenters. The average molecular weight is 390 g/mol. The summed E-state index contributed by atoms with van der Waals surface area (Å²) in [6.07, 6.45) is 1.56. The minimum atomic E-state index is 0.353. The lowest BCUT2D eigenvalue weighted by molar-refractivity contribution is 0.416. The summed E-state index contributed by atoms with van der Waals surface area (Å²) in [4.78, 5) is 4.42. The number of halogens is 2. The van der Waals surface area contributed by atoms with E-state index in [1.165, 1.54) is 0 Å². The summed E-state index contributed by atoms with van der Waals surface area (Å²) < 4.78 is 5.35. The minimum absolute atomic E-state index is 0.353. The Balaban J connectivity index is 1.73. The molecule has 0 radical (unpaired) electrons. The molecule has 2 aromatic carbocycles. The van der Waals surface area contributed by atoms with Crippen molar-refractivity contribution in [2.24, 2.45) is 0 Å². The zero-order valence-corrected chi connectivity index (χ0v) is 15.8. The van der Waals surface area contributed by atoms with Crippen LogP contribution in [0.25, 0.3) is 0 Å². The van der Waals surface area contributed by atoms with E-state index in [4.69, 9.17) is 27.9 Å². The number of aryl methyl sites for hydroxylation is 1. The Morgan fingerprint density at radius 2 is 1.88 bits per heavy atom. The topological polar surface area (TPSA) is 72.0 Å². The van der Waals surface area contributed by atoms with Crippen molar-refractivity contribution in [3.63, 3.8) is 0 Å². The van der Waals surface area contributed by atoms with Crippen molar-refractivity contribution in [1.29, 1.82) is 0 Å². The molecule has 0 atom stereocenters. The lowest BCUT2D eigenvalue weighted by Crippen LogP contribution is -2.06. The largest absolute Gasteiger partial charge is 0.495 e. The van der Waals surface area contributed by atoms with E-state index in [0.717, 1.165) is 11.1 Å². The maximum Gasteiger partial charge on any atom is 0.249 e. The van der Waals surface area contributed by atoms with Crippen LogP contribution in [0.1, 0.15) is 11.1 Å². The van der Waals surface area contributed by atoms with E-state index in [-0.39, 0.29) is 0 Å². The van der Waals surface area contributed by atoms with E-state index >= 15 is 0 Å². The molecule has 8 heteroatoms. The van der Waals surface area contributed by atoms with Gasteiger partial charge in [0.25, 0.3) is 0 Å². The van der Waals surface area contributed by atoms with Crippen LogP contribution < -0.4 is 15.4 Å². The summed E-state index contributed by atoms with van der Waals surface area (Å²) in [5.74, 6) is 1.55. The second-order valence-corrected chi connectivity index (χ2v) is 6.42. The third-order valence-electron chi connectivity index (χ3n) is 3.67. The number of nitrogens with zero attached hydrogens (tertiary/aromatic N) is 3. The molecule has 1 aromatic heterocycles. The van der Waals surface area contributed by atoms with Gasteiger partial charge in [0, 0.05) is 22.7 Å². The van der Waals surface area contributed by atoms with Gasteiger partial charge in [-0.05, 0) is 36.2 Å². The number of rotatable bonds is 6. The van der Waals surface area contributed by atoms with Crippen LogP contribution in [-0.2, 0) is 6.54 Å². The first kappa shape index (κ1) is 18.2. The third kappa shape index (κ3) is 4.53. The van der Waals surface area contributed by atoms with Crippen LogP contribution in [0.3, 0.4) is 0 Å². The first-order valence-corrected chi connectivity index (χ1v) is 8.60. The predicted molar refractivity (Wildman–Crippen MR) is 105 cm³/mol. The smallest absolute Gasteiger partial charge is 0.249 e. The Morgan fingerprint density at radius 3 is 2.62 bits per heavy atom. The van der Waals surface area contributed by atoms with Gasteiger partial charge in [-0.2, -0.15) is 10.1 Å². The van der Waals surface area contributed by atoms with E-state index in [1.54, 1.807) is 19.4 Å². The predicted octanol–water partition coefficient (Wildman–Crippen LogP) is 4.85. The third-order valence-corrected chi connectivity index (χ3v) is 4.33. The van der Waals surface area contributed by atoms with Crippen LogP contribution in [0.5, 0.6) is 5.75 Å². The number of methoxy groups -OCH3 is 1. The molecule has 134 valence electrons. The lowest BCUT2D eigenvalue weighted by atomic mass is 10.2. The Hall–Kier alpha value is -2.57. The number of benzene rings is 2.